The monoisotopic (exact) mass is 991 g/mol. The van der Waals surface area contributed by atoms with Gasteiger partial charge < -0.3 is 14.7 Å². The van der Waals surface area contributed by atoms with E-state index in [2.05, 4.69) is 37.8 Å². The highest BCUT2D eigenvalue weighted by Crippen LogP contribution is 2.39. The first-order chi connectivity index (χ1) is 34.7. The first kappa shape index (κ1) is 48.3. The van der Waals surface area contributed by atoms with Gasteiger partial charge in [-0.2, -0.15) is 18.3 Å². The first-order valence-electron chi connectivity index (χ1n) is 26.2. The summed E-state index contributed by atoms with van der Waals surface area (Å²) in [4.78, 5) is 75.5. The van der Waals surface area contributed by atoms with Gasteiger partial charge in [0.15, 0.2) is 0 Å². The maximum atomic E-state index is 14.8. The van der Waals surface area contributed by atoms with Gasteiger partial charge in [-0.3, -0.25) is 48.7 Å². The third-order valence-corrected chi connectivity index (χ3v) is 17.1. The molecule has 72 heavy (non-hydrogen) atoms. The highest BCUT2D eigenvalue weighted by Gasteiger charge is 2.43. The van der Waals surface area contributed by atoms with Crippen molar-refractivity contribution in [2.75, 3.05) is 59.5 Å². The van der Waals surface area contributed by atoms with Gasteiger partial charge in [0.05, 0.1) is 22.7 Å². The number of rotatable bonds is 11. The summed E-state index contributed by atoms with van der Waals surface area (Å²) in [6, 6.07) is 8.23. The van der Waals surface area contributed by atoms with Gasteiger partial charge in [-0.1, -0.05) is 35.9 Å². The highest BCUT2D eigenvalue weighted by atomic mass is 19.4. The number of aromatic nitrogens is 2. The maximum Gasteiger partial charge on any atom is 0.418 e. The summed E-state index contributed by atoms with van der Waals surface area (Å²) >= 11 is 0. The summed E-state index contributed by atoms with van der Waals surface area (Å²) in [6.45, 7) is 6.06. The van der Waals surface area contributed by atoms with Gasteiger partial charge in [-0.15, -0.1) is 0 Å². The quantitative estimate of drug-likeness (QED) is 0.176. The molecule has 382 valence electrons. The first-order valence-corrected chi connectivity index (χ1v) is 26.2. The summed E-state index contributed by atoms with van der Waals surface area (Å²) in [5, 5.41) is 6.93. The number of likely N-dealkylation sites (tertiary alicyclic amines) is 4. The molecule has 3 unspecified atom stereocenters. The molecule has 0 spiro atoms. The lowest BCUT2D eigenvalue weighted by atomic mass is 9.78. The van der Waals surface area contributed by atoms with E-state index in [-0.39, 0.29) is 60.0 Å². The number of nitrogens with one attached hydrogen (secondary N) is 2. The standard InChI is InChI=1S/C54H65F3N10O5/c1-61-33-58-60-50(61)44(24-34-4-2-5-34)39-6-3-7-42(27-39)65-32-47-45(54(55,56)57)25-36(30-67(47)53(65)72)29-62-18-12-35(13-19-62)26-49(69)64-22-16-38(17-23-64)37-14-20-63(21-15-37)41-8-9-43-40(28-41)31-66(52(43)71)46-10-11-48(68)59-51(46)70/h3,6-7,9,24-25,27-28,30,32,35,37-38,41,44,46,58H,2,4-5,8,10-23,26,29,31,33H2,1H3,(H,59,68,70). The zero-order valence-electron chi connectivity index (χ0n) is 41.0. The largest absolute Gasteiger partial charge is 0.418 e. The van der Waals surface area contributed by atoms with Crippen molar-refractivity contribution in [3.8, 4) is 5.69 Å². The Morgan fingerprint density at radius 1 is 0.903 bits per heavy atom. The topological polar surface area (TPSA) is 147 Å². The number of alkyl halides is 3. The molecule has 1 saturated carbocycles. The predicted molar refractivity (Wildman–Crippen MR) is 265 cm³/mol. The number of imidazole rings is 1. The number of allylic oxidation sites excluding steroid dienone is 1. The minimum atomic E-state index is -4.68. The van der Waals surface area contributed by atoms with Crippen LogP contribution in [0.5, 0.6) is 0 Å². The molecule has 0 bridgehead atoms. The second kappa shape index (κ2) is 19.8. The molecule has 1 aromatic carbocycles. The van der Waals surface area contributed by atoms with Crippen molar-refractivity contribution in [1.29, 1.82) is 0 Å². The van der Waals surface area contributed by atoms with Crippen molar-refractivity contribution in [3.63, 3.8) is 0 Å². The number of pyridine rings is 1. The van der Waals surface area contributed by atoms with E-state index in [4.69, 9.17) is 0 Å². The van der Waals surface area contributed by atoms with E-state index in [1.807, 2.05) is 41.1 Å². The average Bonchev–Trinajstić information content (AvgIpc) is 4.04. The number of carbonyl (C=O) groups is 4. The summed E-state index contributed by atoms with van der Waals surface area (Å²) < 4.78 is 46.7. The fraction of sp³-hybridized carbons (Fsp3) is 0.556. The third-order valence-electron chi connectivity index (χ3n) is 17.1. The summed E-state index contributed by atoms with van der Waals surface area (Å²) in [5.74, 6) is 1.48. The number of hydrogen-bond acceptors (Lipinski definition) is 10. The number of imide groups is 1. The van der Waals surface area contributed by atoms with Gasteiger partial charge in [-0.05, 0) is 149 Å². The zero-order valence-corrected chi connectivity index (χ0v) is 41.0. The molecular weight excluding hydrogens is 926 g/mol. The van der Waals surface area contributed by atoms with Crippen LogP contribution in [0.2, 0.25) is 0 Å². The SMILES string of the molecule is CN1CNN=C1C(C=C1CCC1)c1cccc(-n2cc3c(C(F)(F)F)cc(CN4CCC(CC(=O)N5CCC(C6CCN(C7C=C8CN(C9CCC(=O)NC9=O)C(=O)C8=CC7)CC6)CC5)CC4)cn3c2=O)c1. The van der Waals surface area contributed by atoms with Gasteiger partial charge in [0, 0.05) is 70.1 Å². The number of piperidine rings is 4. The molecule has 18 heteroatoms. The summed E-state index contributed by atoms with van der Waals surface area (Å²) in [5.41, 5.74) is 6.27. The molecule has 3 aromatic rings. The Labute approximate surface area is 417 Å². The van der Waals surface area contributed by atoms with Gasteiger partial charge >= 0.3 is 11.9 Å². The van der Waals surface area contributed by atoms with Crippen LogP contribution >= 0.6 is 0 Å². The van der Waals surface area contributed by atoms with E-state index in [0.717, 1.165) is 112 Å². The number of halogens is 3. The van der Waals surface area contributed by atoms with Gasteiger partial charge in [-0.25, -0.2) is 4.79 Å². The Morgan fingerprint density at radius 2 is 1.65 bits per heavy atom. The number of hydrazone groups is 1. The highest BCUT2D eigenvalue weighted by molar-refractivity contribution is 6.07. The Hall–Kier alpha value is -6.01. The molecule has 8 aliphatic rings. The minimum Gasteiger partial charge on any atom is -0.343 e. The normalized spacial score (nSPS) is 24.7. The number of nitrogens with zero attached hydrogens (tertiary/aromatic N) is 8. The Bertz CT molecular complexity index is 2820. The van der Waals surface area contributed by atoms with Crippen LogP contribution in [0.4, 0.5) is 13.2 Å². The molecule has 6 fully saturated rings. The zero-order chi connectivity index (χ0) is 49.8. The number of carbonyl (C=O) groups excluding carboxylic acids is 4. The van der Waals surface area contributed by atoms with Gasteiger partial charge in [0.1, 0.15) is 18.5 Å². The lowest BCUT2D eigenvalue weighted by molar-refractivity contribution is -0.142. The van der Waals surface area contributed by atoms with Crippen LogP contribution in [0.15, 0.2) is 87.6 Å². The summed E-state index contributed by atoms with van der Waals surface area (Å²) in [7, 11) is 1.97. The molecule has 4 amide bonds. The van der Waals surface area contributed by atoms with E-state index >= 15 is 0 Å². The second-order valence-corrected chi connectivity index (χ2v) is 21.6. The van der Waals surface area contributed by atoms with Crippen LogP contribution in [-0.2, 0) is 31.9 Å². The van der Waals surface area contributed by atoms with Crippen molar-refractivity contribution < 1.29 is 32.3 Å². The van der Waals surface area contributed by atoms with E-state index in [0.29, 0.717) is 67.8 Å². The van der Waals surface area contributed by atoms with Crippen molar-refractivity contribution in [3.05, 3.63) is 105 Å². The van der Waals surface area contributed by atoms with Gasteiger partial charge in [0.25, 0.3) is 5.91 Å². The smallest absolute Gasteiger partial charge is 0.343 e. The number of amides is 4. The second-order valence-electron chi connectivity index (χ2n) is 21.6. The Balaban J connectivity index is 0.658. The number of likely N-dealkylation sites (N-methyl/N-ethyl adjacent to an activating group) is 1. The van der Waals surface area contributed by atoms with E-state index in [1.165, 1.54) is 22.4 Å². The van der Waals surface area contributed by atoms with Crippen molar-refractivity contribution in [2.45, 2.75) is 114 Å². The lowest BCUT2D eigenvalue weighted by Crippen LogP contribution is -2.52. The maximum absolute atomic E-state index is 14.8. The molecule has 0 radical (unpaired) electrons. The lowest BCUT2D eigenvalue weighted by Gasteiger charge is -2.42. The third kappa shape index (κ3) is 9.68. The molecule has 8 heterocycles. The summed E-state index contributed by atoms with van der Waals surface area (Å²) in [6.07, 6.45) is 15.5. The fourth-order valence-corrected chi connectivity index (χ4v) is 12.8. The van der Waals surface area contributed by atoms with Crippen molar-refractivity contribution >= 4 is 35.0 Å². The Kier molecular flexibility index (Phi) is 13.3. The van der Waals surface area contributed by atoms with E-state index in [9.17, 15) is 37.1 Å². The number of hydrogen-bond donors (Lipinski definition) is 2. The Morgan fingerprint density at radius 3 is 2.33 bits per heavy atom. The van der Waals surface area contributed by atoms with E-state index in [1.54, 1.807) is 17.2 Å². The molecule has 6 aliphatic heterocycles. The average molecular weight is 991 g/mol. The molecule has 5 saturated heterocycles. The number of benzene rings is 1. The van der Waals surface area contributed by atoms with Crippen LogP contribution in [0.25, 0.3) is 11.2 Å². The van der Waals surface area contributed by atoms with Crippen LogP contribution in [-0.4, -0.2) is 135 Å². The number of amidine groups is 1. The molecule has 2 N–H and O–H groups in total. The van der Waals surface area contributed by atoms with Crippen molar-refractivity contribution in [2.24, 2.45) is 22.9 Å². The molecule has 3 atom stereocenters. The van der Waals surface area contributed by atoms with Crippen LogP contribution < -0.4 is 16.4 Å². The van der Waals surface area contributed by atoms with Crippen molar-refractivity contribution in [1.82, 2.24) is 44.2 Å². The molecule has 15 nitrogen and oxygen atoms in total. The molecule has 2 aliphatic carbocycles. The molecule has 11 rings (SSSR count). The van der Waals surface area contributed by atoms with E-state index < -0.39 is 23.5 Å². The van der Waals surface area contributed by atoms with Crippen LogP contribution in [0.1, 0.15) is 106 Å². The van der Waals surface area contributed by atoms with Crippen LogP contribution in [0.3, 0.4) is 0 Å². The number of fused-ring (bicyclic) bond motifs is 2. The minimum absolute atomic E-state index is 0.119. The fourth-order valence-electron chi connectivity index (χ4n) is 12.8. The van der Waals surface area contributed by atoms with Gasteiger partial charge in [0.2, 0.25) is 17.7 Å². The molecular formula is C54H65F3N10O5. The predicted octanol–water partition coefficient (Wildman–Crippen LogP) is 5.93. The van der Waals surface area contributed by atoms with Crippen LogP contribution in [0, 0.1) is 17.8 Å². The molecule has 2 aromatic heterocycles.